The van der Waals surface area contributed by atoms with Crippen molar-refractivity contribution in [3.8, 4) is 0 Å². The van der Waals surface area contributed by atoms with Crippen molar-refractivity contribution >= 4 is 61.1 Å². The number of rotatable bonds is 11. The first kappa shape index (κ1) is 46.2. The summed E-state index contributed by atoms with van der Waals surface area (Å²) in [5.74, 6) is -2.20. The third-order valence-electron chi connectivity index (χ3n) is 3.00. The maximum atomic E-state index is 11.1. The molecule has 250 valence electrons. The van der Waals surface area contributed by atoms with Gasteiger partial charge in [0.25, 0.3) is 5.08 Å². The number of phosphoric acid groups is 2. The minimum atomic E-state index is -5.31. The average Bonchev–Trinajstić information content (AvgIpc) is 2.67. The van der Waals surface area contributed by atoms with Gasteiger partial charge in [0.15, 0.2) is 0 Å². The standard InChI is InChI=1S/C5H9NO4.C3H6N3O7P.C3H11NO7P2.H3O4P/c6-3(5(9)10)1-2-4(7)8;4-1(7)11-14(10,12-2(5)8)13-3(6)9;4-2-1-3(5,12(6,7)8)13(9,10)11;1-5(2,3)4/h3H,1-2,6H2,(H,7,8)(H,9,10);(H2,4,7)(H2,5,8)(H2,6,9);5H,1-2,4H2,(H2,6,7,8)(H2,9,10,11);(H3,1,2,3,4)/t3-;;;/m0.../s1. The summed E-state index contributed by atoms with van der Waals surface area (Å²) in [6.07, 6.45) is -5.90. The fourth-order valence-corrected chi connectivity index (χ4v) is 4.41. The van der Waals surface area contributed by atoms with Crippen molar-refractivity contribution in [3.63, 3.8) is 0 Å². The van der Waals surface area contributed by atoms with Gasteiger partial charge in [0, 0.05) is 12.8 Å². The van der Waals surface area contributed by atoms with Gasteiger partial charge in [0.2, 0.25) is 0 Å². The highest BCUT2D eigenvalue weighted by Gasteiger charge is 2.58. The summed E-state index contributed by atoms with van der Waals surface area (Å²) in [4.78, 5) is 106. The molecule has 0 bridgehead atoms. The van der Waals surface area contributed by atoms with Crippen LogP contribution in [0.25, 0.3) is 0 Å². The molecule has 0 saturated carbocycles. The summed E-state index contributed by atoms with van der Waals surface area (Å²) in [7, 11) is -20.1. The van der Waals surface area contributed by atoms with Crippen LogP contribution < -0.4 is 28.7 Å². The average molecular weight is 707 g/mol. The first-order valence-electron chi connectivity index (χ1n) is 9.44. The largest absolute Gasteiger partial charge is 0.657 e. The van der Waals surface area contributed by atoms with Gasteiger partial charge in [-0.05, 0) is 13.0 Å². The zero-order valence-corrected chi connectivity index (χ0v) is 24.0. The molecule has 27 nitrogen and oxygen atoms in total. The molecule has 0 spiro atoms. The normalized spacial score (nSPS) is 12.2. The van der Waals surface area contributed by atoms with Crippen LogP contribution in [0.15, 0.2) is 0 Å². The number of aliphatic carboxylic acids is 2. The predicted molar refractivity (Wildman–Crippen MR) is 129 cm³/mol. The highest BCUT2D eigenvalue weighted by molar-refractivity contribution is 7.72. The fraction of sp³-hybridized carbons (Fsp3) is 0.545. The quantitative estimate of drug-likeness (QED) is 0.0911. The van der Waals surface area contributed by atoms with Crippen molar-refractivity contribution < 1.29 is 105 Å². The van der Waals surface area contributed by atoms with Crippen LogP contribution in [0.5, 0.6) is 0 Å². The number of carbonyl (C=O) groups is 5. The molecule has 0 saturated heterocycles. The van der Waals surface area contributed by atoms with Crippen molar-refractivity contribution in [1.29, 1.82) is 0 Å². The molecule has 0 radical (unpaired) electrons. The molecular formula is C11H29N5O22P4. The summed E-state index contributed by atoms with van der Waals surface area (Å²) in [5, 5.41) is 22.0. The van der Waals surface area contributed by atoms with E-state index in [1.807, 2.05) is 0 Å². The Balaban J connectivity index is -0.000000241. The molecule has 0 aromatic heterocycles. The van der Waals surface area contributed by atoms with E-state index < -0.39 is 85.1 Å². The van der Waals surface area contributed by atoms with E-state index in [0.29, 0.717) is 0 Å². The van der Waals surface area contributed by atoms with Gasteiger partial charge >= 0.3 is 61.1 Å². The lowest BCUT2D eigenvalue weighted by atomic mass is 10.2. The lowest BCUT2D eigenvalue weighted by molar-refractivity contribution is -0.139. The number of carboxylic acids is 2. The van der Waals surface area contributed by atoms with Crippen LogP contribution in [0.4, 0.5) is 14.4 Å². The van der Waals surface area contributed by atoms with Crippen LogP contribution in [-0.4, -0.2) is 97.5 Å². The maximum absolute atomic E-state index is 11.1. The summed E-state index contributed by atoms with van der Waals surface area (Å²) in [5.41, 5.74) is 23.2. The van der Waals surface area contributed by atoms with Gasteiger partial charge in [0.1, 0.15) is 6.04 Å². The van der Waals surface area contributed by atoms with E-state index in [-0.39, 0.29) is 12.8 Å². The first-order chi connectivity index (χ1) is 18.3. The van der Waals surface area contributed by atoms with Crippen LogP contribution in [-0.2, 0) is 41.4 Å². The molecule has 0 aliphatic carbocycles. The van der Waals surface area contributed by atoms with Gasteiger partial charge in [-0.15, -0.1) is 0 Å². The monoisotopic (exact) mass is 707 g/mol. The van der Waals surface area contributed by atoms with Crippen LogP contribution in [0.1, 0.15) is 19.3 Å². The smallest absolute Gasteiger partial charge is 0.481 e. The fourth-order valence-electron chi connectivity index (χ4n) is 1.44. The highest BCUT2D eigenvalue weighted by Crippen LogP contribution is 2.68. The third kappa shape index (κ3) is 26.2. The number of primary amides is 3. The highest BCUT2D eigenvalue weighted by atomic mass is 31.2. The zero-order chi connectivity index (χ0) is 34.9. The van der Waals surface area contributed by atoms with Crippen LogP contribution in [0.3, 0.4) is 0 Å². The first-order valence-corrected chi connectivity index (χ1v) is 15.7. The van der Waals surface area contributed by atoms with E-state index in [0.717, 1.165) is 0 Å². The Morgan fingerprint density at radius 2 is 1.00 bits per heavy atom. The number of hydrogen-bond acceptors (Lipinski definition) is 15. The second-order valence-corrected chi connectivity index (χ2v) is 12.9. The number of phosphoric ester groups is 1. The van der Waals surface area contributed by atoms with Crippen molar-refractivity contribution in [2.75, 3.05) is 6.54 Å². The molecule has 0 aromatic carbocycles. The van der Waals surface area contributed by atoms with E-state index in [1.165, 1.54) is 0 Å². The Labute approximate surface area is 232 Å². The topological polar surface area (TPSA) is 514 Å². The number of nitrogens with two attached hydrogens (primary N) is 5. The van der Waals surface area contributed by atoms with E-state index >= 15 is 0 Å². The van der Waals surface area contributed by atoms with Gasteiger partial charge in [-0.3, -0.25) is 18.7 Å². The van der Waals surface area contributed by atoms with Gasteiger partial charge in [0.05, 0.1) is 0 Å². The second-order valence-electron chi connectivity index (χ2n) is 6.47. The van der Waals surface area contributed by atoms with Crippen molar-refractivity contribution in [2.24, 2.45) is 28.7 Å². The second kappa shape index (κ2) is 19.5. The Kier molecular flexibility index (Phi) is 21.4. The lowest BCUT2D eigenvalue weighted by Gasteiger charge is -2.28. The van der Waals surface area contributed by atoms with E-state index in [2.05, 4.69) is 30.8 Å². The van der Waals surface area contributed by atoms with Crippen molar-refractivity contribution in [2.45, 2.75) is 30.4 Å². The zero-order valence-electron chi connectivity index (χ0n) is 20.5. The van der Waals surface area contributed by atoms with Crippen molar-refractivity contribution in [3.05, 3.63) is 0 Å². The molecule has 0 aliphatic heterocycles. The summed E-state index contributed by atoms with van der Waals surface area (Å²) < 4.78 is 52.3. The Bertz CT molecular complexity index is 1030. The van der Waals surface area contributed by atoms with Crippen LogP contribution in [0, 0.1) is 0 Å². The van der Waals surface area contributed by atoms with Crippen LogP contribution in [0.2, 0.25) is 0 Å². The summed E-state index contributed by atoms with van der Waals surface area (Å²) >= 11 is 0. The predicted octanol–water partition coefficient (Wildman–Crippen LogP) is -3.95. The van der Waals surface area contributed by atoms with Gasteiger partial charge < -0.3 is 91.8 Å². The minimum absolute atomic E-state index is 0.0231. The lowest BCUT2D eigenvalue weighted by Crippen LogP contribution is -2.31. The molecule has 0 aromatic rings. The molecule has 42 heavy (non-hydrogen) atoms. The molecule has 0 unspecified atom stereocenters. The number of amides is 3. The molecule has 3 amide bonds. The molecule has 20 N–H and O–H groups in total. The van der Waals surface area contributed by atoms with Crippen molar-refractivity contribution in [1.82, 2.24) is 0 Å². The number of carboxylic acid groups (broad SMARTS) is 2. The minimum Gasteiger partial charge on any atom is -0.481 e. The maximum Gasteiger partial charge on any atom is 0.657 e. The Morgan fingerprint density at radius 1 is 0.714 bits per heavy atom. The van der Waals surface area contributed by atoms with Crippen LogP contribution >= 0.6 is 30.8 Å². The molecule has 0 aliphatic rings. The summed E-state index contributed by atoms with van der Waals surface area (Å²) in [6.45, 7) is -0.452. The van der Waals surface area contributed by atoms with E-state index in [4.69, 9.17) is 65.6 Å². The molecule has 0 heterocycles. The molecule has 1 atom stereocenters. The van der Waals surface area contributed by atoms with E-state index in [9.17, 15) is 37.7 Å². The number of aliphatic hydroxyl groups is 1. The Hall–Kier alpha value is -2.73. The number of hydrogen-bond donors (Lipinski definition) is 15. The van der Waals surface area contributed by atoms with E-state index in [1.54, 1.807) is 0 Å². The van der Waals surface area contributed by atoms with Gasteiger partial charge in [-0.1, -0.05) is 0 Å². The van der Waals surface area contributed by atoms with Gasteiger partial charge in [-0.25, -0.2) is 18.9 Å². The molecule has 31 heteroatoms. The summed E-state index contributed by atoms with van der Waals surface area (Å²) in [6, 6.07) is -1.06. The third-order valence-corrected chi connectivity index (χ3v) is 8.09. The SMILES string of the molecule is NC(=O)OP(=O)(OC(N)=O)OC(N)=O.NCCC(O)(P(=O)(O)O)P(=O)(O)O.N[C@@H](CCC(=O)O)C(=O)O.O=P(O)(O)O. The molecule has 0 fully saturated rings. The van der Waals surface area contributed by atoms with Gasteiger partial charge in [-0.2, -0.15) is 4.57 Å². The molecular weight excluding hydrogens is 678 g/mol. The number of carbonyl (C=O) groups excluding carboxylic acids is 3. The Morgan fingerprint density at radius 3 is 1.14 bits per heavy atom. The molecule has 0 rings (SSSR count).